The van der Waals surface area contributed by atoms with Crippen molar-refractivity contribution in [3.8, 4) is 5.75 Å². The van der Waals surface area contributed by atoms with Crippen LogP contribution in [0.3, 0.4) is 0 Å². The van der Waals surface area contributed by atoms with Gasteiger partial charge in [0.2, 0.25) is 4.58 Å². The average Bonchev–Trinajstić information content (AvgIpc) is 2.53. The summed E-state index contributed by atoms with van der Waals surface area (Å²) >= 11 is 0. The van der Waals surface area contributed by atoms with Crippen LogP contribution in [0.15, 0.2) is 42.5 Å². The first-order chi connectivity index (χ1) is 12.2. The molecule has 0 aliphatic heterocycles. The van der Waals surface area contributed by atoms with Crippen LogP contribution >= 0.6 is 0 Å². The Kier molecular flexibility index (Phi) is 6.65. The Morgan fingerprint density at radius 3 is 2.23 bits per heavy atom. The zero-order chi connectivity index (χ0) is 19.4. The maximum Gasteiger partial charge on any atom is 0.329 e. The molecule has 0 heterocycles. The third-order valence-electron chi connectivity index (χ3n) is 3.72. The van der Waals surface area contributed by atoms with Gasteiger partial charge < -0.3 is 4.18 Å². The molecule has 144 valence electrons. The van der Waals surface area contributed by atoms with Gasteiger partial charge in [0.05, 0.1) is 6.10 Å². The Balaban J connectivity index is 2.43. The quantitative estimate of drug-likeness (QED) is 0.595. The molecule has 26 heavy (non-hydrogen) atoms. The van der Waals surface area contributed by atoms with Crippen molar-refractivity contribution in [2.75, 3.05) is 0 Å². The molecule has 0 saturated carbocycles. The summed E-state index contributed by atoms with van der Waals surface area (Å²) in [5, 5.41) is 1.39. The Morgan fingerprint density at radius 1 is 0.923 bits per heavy atom. The van der Waals surface area contributed by atoms with Gasteiger partial charge in [-0.3, -0.25) is 4.18 Å². The lowest BCUT2D eigenvalue weighted by Gasteiger charge is -2.19. The van der Waals surface area contributed by atoms with Gasteiger partial charge in [-0.25, -0.2) is 0 Å². The number of hydrogen-bond acceptors (Lipinski definition) is 6. The zero-order valence-corrected chi connectivity index (χ0v) is 16.7. The average molecular weight is 401 g/mol. The topological polar surface area (TPSA) is 86.7 Å². The lowest BCUT2D eigenvalue weighted by molar-refractivity contribution is 0.246. The minimum atomic E-state index is -4.46. The van der Waals surface area contributed by atoms with E-state index in [0.717, 1.165) is 5.39 Å². The first-order valence-corrected chi connectivity index (χ1v) is 11.4. The summed E-state index contributed by atoms with van der Waals surface area (Å²) in [6, 6.07) is 12.1. The SMILES string of the molecule is CCCCC(S(=O)(=O)Oc1cccc2ccccc12)S(=O)(=O)OC(C)C. The predicted molar refractivity (Wildman–Crippen MR) is 102 cm³/mol. The van der Waals surface area contributed by atoms with Crippen molar-refractivity contribution in [1.29, 1.82) is 0 Å². The third-order valence-corrected chi connectivity index (χ3v) is 7.96. The molecule has 0 radical (unpaired) electrons. The van der Waals surface area contributed by atoms with Gasteiger partial charge in [-0.1, -0.05) is 56.2 Å². The Morgan fingerprint density at radius 2 is 1.58 bits per heavy atom. The molecular formula is C18H24O6S2. The van der Waals surface area contributed by atoms with Crippen molar-refractivity contribution in [3.05, 3.63) is 42.5 Å². The van der Waals surface area contributed by atoms with Crippen LogP contribution < -0.4 is 4.18 Å². The molecule has 1 atom stereocenters. The highest BCUT2D eigenvalue weighted by molar-refractivity contribution is 8.05. The van der Waals surface area contributed by atoms with Crippen molar-refractivity contribution in [3.63, 3.8) is 0 Å². The van der Waals surface area contributed by atoms with Gasteiger partial charge in [0.1, 0.15) is 5.75 Å². The van der Waals surface area contributed by atoms with E-state index < -0.39 is 30.9 Å². The van der Waals surface area contributed by atoms with Gasteiger partial charge >= 0.3 is 10.1 Å². The molecule has 0 fully saturated rings. The molecule has 2 aromatic carbocycles. The van der Waals surface area contributed by atoms with Crippen LogP contribution in [0.2, 0.25) is 0 Å². The number of fused-ring (bicyclic) bond motifs is 1. The summed E-state index contributed by atoms with van der Waals surface area (Å²) < 4.78 is 58.9. The maximum absolute atomic E-state index is 12.8. The van der Waals surface area contributed by atoms with Crippen LogP contribution in [0.25, 0.3) is 10.8 Å². The first kappa shape index (κ1) is 20.7. The van der Waals surface area contributed by atoms with Crippen molar-refractivity contribution < 1.29 is 25.2 Å². The molecule has 6 nitrogen and oxygen atoms in total. The molecular weight excluding hydrogens is 376 g/mol. The molecule has 8 heteroatoms. The van der Waals surface area contributed by atoms with Crippen LogP contribution in [0.1, 0.15) is 40.0 Å². The molecule has 0 amide bonds. The number of benzene rings is 2. The maximum atomic E-state index is 12.8. The molecule has 2 aromatic rings. The Labute approximate surface area is 155 Å². The highest BCUT2D eigenvalue weighted by Gasteiger charge is 2.41. The normalized spacial score (nSPS) is 13.8. The Bertz CT molecular complexity index is 943. The number of hydrogen-bond donors (Lipinski definition) is 0. The monoisotopic (exact) mass is 400 g/mol. The van der Waals surface area contributed by atoms with E-state index in [0.29, 0.717) is 18.2 Å². The molecule has 0 aromatic heterocycles. The van der Waals surface area contributed by atoms with Crippen molar-refractivity contribution in [1.82, 2.24) is 0 Å². The molecule has 2 rings (SSSR count). The summed E-state index contributed by atoms with van der Waals surface area (Å²) in [6.07, 6.45) is 0.330. The van der Waals surface area contributed by atoms with Gasteiger partial charge in [-0.2, -0.15) is 16.8 Å². The van der Waals surface area contributed by atoms with Crippen molar-refractivity contribution in [2.24, 2.45) is 0 Å². The number of unbranched alkanes of at least 4 members (excludes halogenated alkanes) is 1. The van der Waals surface area contributed by atoms with E-state index in [-0.39, 0.29) is 12.2 Å². The molecule has 0 saturated heterocycles. The van der Waals surface area contributed by atoms with Crippen LogP contribution in [0.4, 0.5) is 0 Å². The minimum Gasteiger partial charge on any atom is -0.381 e. The van der Waals surface area contributed by atoms with Gasteiger partial charge in [-0.15, -0.1) is 0 Å². The van der Waals surface area contributed by atoms with Crippen molar-refractivity contribution in [2.45, 2.75) is 50.7 Å². The number of rotatable bonds is 9. The van der Waals surface area contributed by atoms with Crippen LogP contribution in [-0.4, -0.2) is 27.5 Å². The van der Waals surface area contributed by atoms with Crippen LogP contribution in [0, 0.1) is 0 Å². The molecule has 0 aliphatic carbocycles. The molecule has 0 bridgehead atoms. The highest BCUT2D eigenvalue weighted by atomic mass is 32.3. The summed E-state index contributed by atoms with van der Waals surface area (Å²) in [5.41, 5.74) is 0. The van der Waals surface area contributed by atoms with E-state index >= 15 is 0 Å². The van der Waals surface area contributed by atoms with Gasteiger partial charge in [0, 0.05) is 5.39 Å². The lowest BCUT2D eigenvalue weighted by atomic mass is 10.1. The van der Waals surface area contributed by atoms with Gasteiger partial charge in [-0.05, 0) is 31.7 Å². The van der Waals surface area contributed by atoms with E-state index in [9.17, 15) is 16.8 Å². The van der Waals surface area contributed by atoms with Crippen molar-refractivity contribution >= 4 is 31.0 Å². The summed E-state index contributed by atoms with van der Waals surface area (Å²) in [6.45, 7) is 4.92. The third kappa shape index (κ3) is 4.96. The fraction of sp³-hybridized carbons (Fsp3) is 0.444. The smallest absolute Gasteiger partial charge is 0.329 e. The minimum absolute atomic E-state index is 0.0847. The zero-order valence-electron chi connectivity index (χ0n) is 15.1. The lowest BCUT2D eigenvalue weighted by Crippen LogP contribution is -2.36. The predicted octanol–water partition coefficient (Wildman–Crippen LogP) is 3.82. The summed E-state index contributed by atoms with van der Waals surface area (Å²) in [4.78, 5) is 0. The molecule has 1 unspecified atom stereocenters. The van der Waals surface area contributed by atoms with E-state index in [1.54, 1.807) is 18.2 Å². The Hall–Kier alpha value is -1.64. The largest absolute Gasteiger partial charge is 0.381 e. The second-order valence-electron chi connectivity index (χ2n) is 6.26. The second-order valence-corrected chi connectivity index (χ2v) is 10.0. The van der Waals surface area contributed by atoms with E-state index in [1.165, 1.54) is 19.9 Å². The molecule has 0 N–H and O–H groups in total. The fourth-order valence-corrected chi connectivity index (χ4v) is 6.06. The highest BCUT2D eigenvalue weighted by Crippen LogP contribution is 2.29. The van der Waals surface area contributed by atoms with Crippen LogP contribution in [0.5, 0.6) is 5.75 Å². The van der Waals surface area contributed by atoms with E-state index in [1.807, 2.05) is 25.1 Å². The molecule has 0 spiro atoms. The van der Waals surface area contributed by atoms with E-state index in [2.05, 4.69) is 0 Å². The van der Waals surface area contributed by atoms with E-state index in [4.69, 9.17) is 8.37 Å². The summed E-state index contributed by atoms with van der Waals surface area (Å²) in [5.74, 6) is 0.101. The van der Waals surface area contributed by atoms with Gasteiger partial charge in [0.15, 0.2) is 0 Å². The fourth-order valence-electron chi connectivity index (χ4n) is 2.58. The first-order valence-electron chi connectivity index (χ1n) is 8.50. The molecule has 0 aliphatic rings. The standard InChI is InChI=1S/C18H24O6S2/c1-4-5-13-18(25(19,20)23-14(2)3)26(21,22)24-17-12-8-10-15-9-6-7-11-16(15)17/h6-12,14,18H,4-5,13H2,1-3H3. The summed E-state index contributed by atoms with van der Waals surface area (Å²) in [7, 11) is -8.79. The van der Waals surface area contributed by atoms with Gasteiger partial charge in [0.25, 0.3) is 10.1 Å². The van der Waals surface area contributed by atoms with Crippen LogP contribution in [-0.2, 0) is 24.4 Å². The second kappa shape index (κ2) is 8.37.